The third kappa shape index (κ3) is 3.58. The fourth-order valence-electron chi connectivity index (χ4n) is 2.08. The lowest BCUT2D eigenvalue weighted by atomic mass is 10.1. The zero-order valence-corrected chi connectivity index (χ0v) is 12.0. The van der Waals surface area contributed by atoms with Crippen LogP contribution >= 0.6 is 0 Å². The van der Waals surface area contributed by atoms with E-state index in [4.69, 9.17) is 9.15 Å². The van der Waals surface area contributed by atoms with Crippen molar-refractivity contribution in [3.8, 4) is 0 Å². The van der Waals surface area contributed by atoms with Gasteiger partial charge in [-0.2, -0.15) is 0 Å². The normalized spacial score (nSPS) is 11.6. The summed E-state index contributed by atoms with van der Waals surface area (Å²) in [5.41, 5.74) is 2.17. The molecule has 1 heterocycles. The Morgan fingerprint density at radius 2 is 2.05 bits per heavy atom. The Morgan fingerprint density at radius 1 is 1.26 bits per heavy atom. The molecule has 2 aromatic rings. The summed E-state index contributed by atoms with van der Waals surface area (Å²) in [6.07, 6.45) is 1.03. The minimum absolute atomic E-state index is 0.457. The standard InChI is InChI=1S/C16H23NO2/c1-4-9-18-11-16-14(10-17-12(2)3)13-7-5-6-8-15(13)19-16/h5-8,12,17H,4,9-11H2,1-3H3. The van der Waals surface area contributed by atoms with Crippen LogP contribution in [-0.2, 0) is 17.9 Å². The van der Waals surface area contributed by atoms with Gasteiger partial charge in [-0.1, -0.05) is 39.0 Å². The number of fused-ring (bicyclic) bond motifs is 1. The summed E-state index contributed by atoms with van der Waals surface area (Å²) in [5, 5.41) is 4.64. The summed E-state index contributed by atoms with van der Waals surface area (Å²) < 4.78 is 11.5. The Morgan fingerprint density at radius 3 is 2.79 bits per heavy atom. The van der Waals surface area contributed by atoms with Crippen molar-refractivity contribution in [2.75, 3.05) is 6.61 Å². The molecule has 0 amide bonds. The van der Waals surface area contributed by atoms with Crippen molar-refractivity contribution in [3.05, 3.63) is 35.6 Å². The maximum absolute atomic E-state index is 5.91. The van der Waals surface area contributed by atoms with Crippen molar-refractivity contribution in [3.63, 3.8) is 0 Å². The van der Waals surface area contributed by atoms with Gasteiger partial charge in [0.15, 0.2) is 0 Å². The second kappa shape index (κ2) is 6.73. The number of rotatable bonds is 7. The van der Waals surface area contributed by atoms with Crippen molar-refractivity contribution in [2.24, 2.45) is 0 Å². The molecule has 19 heavy (non-hydrogen) atoms. The lowest BCUT2D eigenvalue weighted by Crippen LogP contribution is -2.22. The number of para-hydroxylation sites is 1. The highest BCUT2D eigenvalue weighted by molar-refractivity contribution is 5.82. The van der Waals surface area contributed by atoms with Gasteiger partial charge in [0.2, 0.25) is 0 Å². The highest BCUT2D eigenvalue weighted by Gasteiger charge is 2.13. The quantitative estimate of drug-likeness (QED) is 0.769. The van der Waals surface area contributed by atoms with E-state index in [9.17, 15) is 0 Å². The predicted octanol–water partition coefficient (Wildman–Crippen LogP) is 3.86. The third-order valence-corrected chi connectivity index (χ3v) is 3.05. The second-order valence-corrected chi connectivity index (χ2v) is 5.09. The van der Waals surface area contributed by atoms with Gasteiger partial charge in [-0.15, -0.1) is 0 Å². The molecule has 2 rings (SSSR count). The summed E-state index contributed by atoms with van der Waals surface area (Å²) in [7, 11) is 0. The number of ether oxygens (including phenoxy) is 1. The van der Waals surface area contributed by atoms with Gasteiger partial charge in [-0.3, -0.25) is 0 Å². The number of benzene rings is 1. The lowest BCUT2D eigenvalue weighted by molar-refractivity contribution is 0.107. The minimum Gasteiger partial charge on any atom is -0.458 e. The van der Waals surface area contributed by atoms with E-state index in [0.29, 0.717) is 12.6 Å². The predicted molar refractivity (Wildman–Crippen MR) is 78.1 cm³/mol. The summed E-state index contributed by atoms with van der Waals surface area (Å²) in [4.78, 5) is 0. The van der Waals surface area contributed by atoms with Crippen LogP contribution in [0.2, 0.25) is 0 Å². The van der Waals surface area contributed by atoms with Gasteiger partial charge in [-0.25, -0.2) is 0 Å². The van der Waals surface area contributed by atoms with E-state index in [-0.39, 0.29) is 0 Å². The van der Waals surface area contributed by atoms with E-state index in [0.717, 1.165) is 30.9 Å². The molecule has 1 N–H and O–H groups in total. The van der Waals surface area contributed by atoms with Crippen LogP contribution in [0.3, 0.4) is 0 Å². The van der Waals surface area contributed by atoms with E-state index in [1.165, 1.54) is 10.9 Å². The van der Waals surface area contributed by atoms with Crippen LogP contribution in [0.25, 0.3) is 11.0 Å². The van der Waals surface area contributed by atoms with Crippen LogP contribution < -0.4 is 5.32 Å². The molecule has 0 atom stereocenters. The van der Waals surface area contributed by atoms with Crippen LogP contribution in [0.4, 0.5) is 0 Å². The first-order valence-corrected chi connectivity index (χ1v) is 7.02. The van der Waals surface area contributed by atoms with Crippen LogP contribution in [0.15, 0.2) is 28.7 Å². The van der Waals surface area contributed by atoms with Gasteiger partial charge < -0.3 is 14.5 Å². The lowest BCUT2D eigenvalue weighted by Gasteiger charge is -2.09. The summed E-state index contributed by atoms with van der Waals surface area (Å²) in [6.45, 7) is 8.55. The van der Waals surface area contributed by atoms with E-state index in [1.54, 1.807) is 0 Å². The molecule has 3 heteroatoms. The van der Waals surface area contributed by atoms with Crippen LogP contribution in [-0.4, -0.2) is 12.6 Å². The van der Waals surface area contributed by atoms with Crippen molar-refractivity contribution in [1.82, 2.24) is 5.32 Å². The molecular formula is C16H23NO2. The smallest absolute Gasteiger partial charge is 0.135 e. The molecule has 0 unspecified atom stereocenters. The minimum atomic E-state index is 0.457. The molecule has 3 nitrogen and oxygen atoms in total. The van der Waals surface area contributed by atoms with Gasteiger partial charge in [0, 0.05) is 30.1 Å². The molecule has 0 aliphatic carbocycles. The monoisotopic (exact) mass is 261 g/mol. The molecule has 0 radical (unpaired) electrons. The Hall–Kier alpha value is -1.32. The highest BCUT2D eigenvalue weighted by atomic mass is 16.5. The van der Waals surface area contributed by atoms with Gasteiger partial charge in [0.25, 0.3) is 0 Å². The molecule has 1 aromatic carbocycles. The van der Waals surface area contributed by atoms with Crippen molar-refractivity contribution >= 4 is 11.0 Å². The Labute approximate surface area is 114 Å². The van der Waals surface area contributed by atoms with E-state index in [2.05, 4.69) is 32.2 Å². The maximum atomic E-state index is 5.91. The Bertz CT molecular complexity index is 516. The second-order valence-electron chi connectivity index (χ2n) is 5.09. The number of hydrogen-bond acceptors (Lipinski definition) is 3. The molecule has 0 fully saturated rings. The Balaban J connectivity index is 2.23. The first kappa shape index (κ1) is 14.1. The van der Waals surface area contributed by atoms with E-state index < -0.39 is 0 Å². The summed E-state index contributed by atoms with van der Waals surface area (Å²) >= 11 is 0. The first-order chi connectivity index (χ1) is 9.22. The van der Waals surface area contributed by atoms with Gasteiger partial charge in [-0.05, 0) is 12.5 Å². The van der Waals surface area contributed by atoms with Crippen molar-refractivity contribution in [2.45, 2.75) is 46.4 Å². The van der Waals surface area contributed by atoms with Crippen LogP contribution in [0, 0.1) is 0 Å². The maximum Gasteiger partial charge on any atom is 0.135 e. The third-order valence-electron chi connectivity index (χ3n) is 3.05. The number of nitrogens with one attached hydrogen (secondary N) is 1. The average molecular weight is 261 g/mol. The molecule has 0 spiro atoms. The van der Waals surface area contributed by atoms with Crippen LogP contribution in [0.5, 0.6) is 0 Å². The zero-order valence-electron chi connectivity index (χ0n) is 12.0. The SMILES string of the molecule is CCCOCc1oc2ccccc2c1CNC(C)C. The summed E-state index contributed by atoms with van der Waals surface area (Å²) in [6, 6.07) is 8.63. The van der Waals surface area contributed by atoms with Crippen LogP contribution in [0.1, 0.15) is 38.5 Å². The molecular weight excluding hydrogens is 238 g/mol. The molecule has 0 aliphatic rings. The van der Waals surface area contributed by atoms with Crippen molar-refractivity contribution in [1.29, 1.82) is 0 Å². The fraction of sp³-hybridized carbons (Fsp3) is 0.500. The summed E-state index contributed by atoms with van der Waals surface area (Å²) in [5.74, 6) is 0.947. The molecule has 104 valence electrons. The van der Waals surface area contributed by atoms with E-state index in [1.807, 2.05) is 18.2 Å². The molecule has 1 aromatic heterocycles. The van der Waals surface area contributed by atoms with Gasteiger partial charge in [0.1, 0.15) is 18.0 Å². The molecule has 0 bridgehead atoms. The Kier molecular flexibility index (Phi) is 5.00. The molecule has 0 saturated carbocycles. The highest BCUT2D eigenvalue weighted by Crippen LogP contribution is 2.26. The zero-order chi connectivity index (χ0) is 13.7. The van der Waals surface area contributed by atoms with Gasteiger partial charge >= 0.3 is 0 Å². The average Bonchev–Trinajstić information content (AvgIpc) is 2.74. The fourth-order valence-corrected chi connectivity index (χ4v) is 2.08. The largest absolute Gasteiger partial charge is 0.458 e. The van der Waals surface area contributed by atoms with E-state index >= 15 is 0 Å². The van der Waals surface area contributed by atoms with Gasteiger partial charge in [0.05, 0.1) is 0 Å². The number of hydrogen-bond donors (Lipinski definition) is 1. The number of furan rings is 1. The van der Waals surface area contributed by atoms with Crippen molar-refractivity contribution < 1.29 is 9.15 Å². The topological polar surface area (TPSA) is 34.4 Å². The first-order valence-electron chi connectivity index (χ1n) is 7.02. The molecule has 0 saturated heterocycles. The molecule has 0 aliphatic heterocycles.